The standard InChI is InChI=1S/C21H21N3O3S/c1-2-27-21(26)14-6-8-17(9-7-14)23-19(25)10-11-28-20-16(13-22)12-15-4-3-5-18(15)24-20/h6-9,12H,2-5,10-11H2,1H3,(H,23,25). The van der Waals surface area contributed by atoms with Crippen molar-refractivity contribution in [3.63, 3.8) is 0 Å². The second-order valence-electron chi connectivity index (χ2n) is 6.36. The Hall–Kier alpha value is -2.85. The van der Waals surface area contributed by atoms with E-state index in [1.54, 1.807) is 31.2 Å². The maximum atomic E-state index is 12.2. The Balaban J connectivity index is 1.51. The highest BCUT2D eigenvalue weighted by molar-refractivity contribution is 7.99. The van der Waals surface area contributed by atoms with E-state index in [2.05, 4.69) is 16.4 Å². The van der Waals surface area contributed by atoms with Gasteiger partial charge >= 0.3 is 5.97 Å². The van der Waals surface area contributed by atoms with Crippen LogP contribution in [0.5, 0.6) is 0 Å². The van der Waals surface area contributed by atoms with Crippen molar-refractivity contribution in [1.82, 2.24) is 4.98 Å². The van der Waals surface area contributed by atoms with Gasteiger partial charge in [0, 0.05) is 23.6 Å². The lowest BCUT2D eigenvalue weighted by atomic mass is 10.2. The summed E-state index contributed by atoms with van der Waals surface area (Å²) in [6.45, 7) is 2.07. The molecule has 0 saturated carbocycles. The lowest BCUT2D eigenvalue weighted by Gasteiger charge is -2.08. The molecular formula is C21H21N3O3S. The third kappa shape index (κ3) is 4.90. The minimum absolute atomic E-state index is 0.129. The molecule has 6 nitrogen and oxygen atoms in total. The zero-order chi connectivity index (χ0) is 19.9. The number of hydrogen-bond acceptors (Lipinski definition) is 6. The molecule has 0 saturated heterocycles. The number of thioether (sulfide) groups is 1. The summed E-state index contributed by atoms with van der Waals surface area (Å²) in [4.78, 5) is 28.4. The van der Waals surface area contributed by atoms with Gasteiger partial charge in [-0.2, -0.15) is 5.26 Å². The van der Waals surface area contributed by atoms with Crippen molar-refractivity contribution in [1.29, 1.82) is 5.26 Å². The van der Waals surface area contributed by atoms with Gasteiger partial charge < -0.3 is 10.1 Å². The number of nitrogens with zero attached hydrogens (tertiary/aromatic N) is 2. The van der Waals surface area contributed by atoms with Gasteiger partial charge in [0.05, 0.1) is 17.7 Å². The molecule has 0 atom stereocenters. The predicted octanol–water partition coefficient (Wildman–Crippen LogP) is 3.74. The molecule has 1 amide bonds. The number of nitrogens with one attached hydrogen (secondary N) is 1. The molecule has 0 aliphatic heterocycles. The number of nitriles is 1. The number of esters is 1. The Bertz CT molecular complexity index is 920. The number of rotatable bonds is 7. The second kappa shape index (κ2) is 9.38. The molecule has 0 spiro atoms. The number of carbonyl (C=O) groups excluding carboxylic acids is 2. The lowest BCUT2D eigenvalue weighted by molar-refractivity contribution is -0.115. The SMILES string of the molecule is CCOC(=O)c1ccc(NC(=O)CCSc2nc3c(cc2C#N)CCC3)cc1. The number of aryl methyl sites for hydroxylation is 2. The number of benzene rings is 1. The zero-order valence-electron chi connectivity index (χ0n) is 15.7. The van der Waals surface area contributed by atoms with Gasteiger partial charge in [0.25, 0.3) is 0 Å². The number of anilines is 1. The first-order valence-electron chi connectivity index (χ1n) is 9.23. The molecule has 1 heterocycles. The molecule has 0 radical (unpaired) electrons. The van der Waals surface area contributed by atoms with Crippen molar-refractivity contribution in [3.8, 4) is 6.07 Å². The molecule has 1 aliphatic carbocycles. The van der Waals surface area contributed by atoms with E-state index in [1.165, 1.54) is 17.3 Å². The van der Waals surface area contributed by atoms with Crippen molar-refractivity contribution in [2.75, 3.05) is 17.7 Å². The highest BCUT2D eigenvalue weighted by Crippen LogP contribution is 2.28. The quantitative estimate of drug-likeness (QED) is 0.567. The van der Waals surface area contributed by atoms with Crippen molar-refractivity contribution in [3.05, 3.63) is 52.7 Å². The summed E-state index contributed by atoms with van der Waals surface area (Å²) in [5.74, 6) is 0.0238. The van der Waals surface area contributed by atoms with Crippen LogP contribution in [0.15, 0.2) is 35.4 Å². The van der Waals surface area contributed by atoms with Crippen LogP contribution in [-0.4, -0.2) is 29.2 Å². The molecule has 1 aliphatic rings. The number of pyridine rings is 1. The maximum Gasteiger partial charge on any atom is 0.338 e. The molecule has 0 bridgehead atoms. The summed E-state index contributed by atoms with van der Waals surface area (Å²) >= 11 is 1.43. The van der Waals surface area contributed by atoms with Crippen LogP contribution in [0.2, 0.25) is 0 Å². The van der Waals surface area contributed by atoms with E-state index in [4.69, 9.17) is 4.74 Å². The van der Waals surface area contributed by atoms with Gasteiger partial charge in [-0.1, -0.05) is 0 Å². The molecular weight excluding hydrogens is 374 g/mol. The van der Waals surface area contributed by atoms with Crippen LogP contribution in [0.25, 0.3) is 0 Å². The summed E-state index contributed by atoms with van der Waals surface area (Å²) in [6, 6.07) is 10.7. The predicted molar refractivity (Wildman–Crippen MR) is 107 cm³/mol. The summed E-state index contributed by atoms with van der Waals surface area (Å²) < 4.78 is 4.93. The van der Waals surface area contributed by atoms with Gasteiger partial charge in [0.15, 0.2) is 0 Å². The molecule has 0 unspecified atom stereocenters. The molecule has 1 N–H and O–H groups in total. The smallest absolute Gasteiger partial charge is 0.338 e. The normalized spacial score (nSPS) is 12.1. The first-order valence-corrected chi connectivity index (χ1v) is 10.2. The van der Waals surface area contributed by atoms with E-state index in [0.29, 0.717) is 40.6 Å². The highest BCUT2D eigenvalue weighted by Gasteiger charge is 2.17. The Morgan fingerprint density at radius 2 is 2.07 bits per heavy atom. The maximum absolute atomic E-state index is 12.2. The molecule has 1 aromatic carbocycles. The third-order valence-electron chi connectivity index (χ3n) is 4.38. The van der Waals surface area contributed by atoms with E-state index in [1.807, 2.05) is 6.07 Å². The number of hydrogen-bond donors (Lipinski definition) is 1. The molecule has 144 valence electrons. The molecule has 7 heteroatoms. The molecule has 0 fully saturated rings. The number of amides is 1. The van der Waals surface area contributed by atoms with Gasteiger partial charge in [-0.05, 0) is 62.1 Å². The second-order valence-corrected chi connectivity index (χ2v) is 7.44. The number of aromatic nitrogens is 1. The van der Waals surface area contributed by atoms with E-state index in [-0.39, 0.29) is 11.9 Å². The largest absolute Gasteiger partial charge is 0.462 e. The van der Waals surface area contributed by atoms with E-state index in [0.717, 1.165) is 25.0 Å². The summed E-state index contributed by atoms with van der Waals surface area (Å²) in [6.07, 6.45) is 3.32. The van der Waals surface area contributed by atoms with Crippen LogP contribution in [0.3, 0.4) is 0 Å². The lowest BCUT2D eigenvalue weighted by Crippen LogP contribution is -2.12. The van der Waals surface area contributed by atoms with E-state index in [9.17, 15) is 14.9 Å². The van der Waals surface area contributed by atoms with Crippen LogP contribution in [0.4, 0.5) is 5.69 Å². The van der Waals surface area contributed by atoms with E-state index < -0.39 is 0 Å². The van der Waals surface area contributed by atoms with Crippen LogP contribution < -0.4 is 5.32 Å². The summed E-state index contributed by atoms with van der Waals surface area (Å²) in [5, 5.41) is 12.8. The van der Waals surface area contributed by atoms with Gasteiger partial charge in [-0.3, -0.25) is 4.79 Å². The Labute approximate surface area is 168 Å². The average Bonchev–Trinajstić information content (AvgIpc) is 3.15. The van der Waals surface area contributed by atoms with Crippen LogP contribution >= 0.6 is 11.8 Å². The molecule has 1 aromatic heterocycles. The van der Waals surface area contributed by atoms with Gasteiger partial charge in [-0.15, -0.1) is 11.8 Å². The summed E-state index contributed by atoms with van der Waals surface area (Å²) in [7, 11) is 0. The van der Waals surface area contributed by atoms with Gasteiger partial charge in [0.2, 0.25) is 5.91 Å². The average molecular weight is 395 g/mol. The minimum atomic E-state index is -0.382. The Kier molecular flexibility index (Phi) is 6.66. The topological polar surface area (TPSA) is 92.1 Å². The fraction of sp³-hybridized carbons (Fsp3) is 0.333. The monoisotopic (exact) mass is 395 g/mol. The Morgan fingerprint density at radius 1 is 1.29 bits per heavy atom. The minimum Gasteiger partial charge on any atom is -0.462 e. The third-order valence-corrected chi connectivity index (χ3v) is 5.38. The van der Waals surface area contributed by atoms with Gasteiger partial charge in [-0.25, -0.2) is 9.78 Å². The highest BCUT2D eigenvalue weighted by atomic mass is 32.2. The van der Waals surface area contributed by atoms with Crippen LogP contribution in [-0.2, 0) is 22.4 Å². The van der Waals surface area contributed by atoms with E-state index >= 15 is 0 Å². The van der Waals surface area contributed by atoms with Gasteiger partial charge in [0.1, 0.15) is 11.1 Å². The molecule has 2 aromatic rings. The van der Waals surface area contributed by atoms with Crippen molar-refractivity contribution in [2.45, 2.75) is 37.6 Å². The fourth-order valence-electron chi connectivity index (χ4n) is 3.01. The zero-order valence-corrected chi connectivity index (χ0v) is 16.5. The van der Waals surface area contributed by atoms with Crippen molar-refractivity contribution >= 4 is 29.3 Å². The fourth-order valence-corrected chi connectivity index (χ4v) is 3.93. The number of ether oxygens (including phenoxy) is 1. The first-order chi connectivity index (χ1) is 13.6. The number of carbonyl (C=O) groups is 2. The number of fused-ring (bicyclic) bond motifs is 1. The Morgan fingerprint density at radius 3 is 2.79 bits per heavy atom. The van der Waals surface area contributed by atoms with Crippen LogP contribution in [0.1, 0.15) is 46.9 Å². The first kappa shape index (κ1) is 19.9. The van der Waals surface area contributed by atoms with Crippen molar-refractivity contribution in [2.24, 2.45) is 0 Å². The van der Waals surface area contributed by atoms with Crippen molar-refractivity contribution < 1.29 is 14.3 Å². The molecule has 3 rings (SSSR count). The summed E-state index contributed by atoms with van der Waals surface area (Å²) in [5.41, 5.74) is 3.90. The molecule has 28 heavy (non-hydrogen) atoms. The van der Waals surface area contributed by atoms with Crippen LogP contribution in [0, 0.1) is 11.3 Å².